The van der Waals surface area contributed by atoms with Gasteiger partial charge in [-0.1, -0.05) is 51.7 Å². The van der Waals surface area contributed by atoms with E-state index in [9.17, 15) is 13.2 Å². The van der Waals surface area contributed by atoms with E-state index in [1.54, 1.807) is 19.2 Å². The summed E-state index contributed by atoms with van der Waals surface area (Å²) in [7, 11) is 1.54. The van der Waals surface area contributed by atoms with Gasteiger partial charge in [-0.3, -0.25) is 0 Å². The summed E-state index contributed by atoms with van der Waals surface area (Å²) in [4.78, 5) is 14.3. The lowest BCUT2D eigenvalue weighted by molar-refractivity contribution is -0.113. The molecule has 2 rings (SSSR count). The number of methoxy groups -OCH3 is 1. The summed E-state index contributed by atoms with van der Waals surface area (Å²) in [5.41, 5.74) is 1.49. The van der Waals surface area contributed by atoms with E-state index in [4.69, 9.17) is 4.74 Å². The number of aldehydes is 1. The minimum absolute atomic E-state index is 0.211. The van der Waals surface area contributed by atoms with Crippen molar-refractivity contribution >= 4 is 22.0 Å². The van der Waals surface area contributed by atoms with Gasteiger partial charge in [0.1, 0.15) is 12.0 Å². The quantitative estimate of drug-likeness (QED) is 0.392. The molecule has 0 aliphatic rings. The largest absolute Gasteiger partial charge is 0.497 e. The smallest absolute Gasteiger partial charge is 0.241 e. The number of carbonyl (C=O) groups excluding carboxylic acids is 1. The predicted molar refractivity (Wildman–Crippen MR) is 135 cm³/mol. The zero-order valence-corrected chi connectivity index (χ0v) is 21.4. The molecule has 0 unspecified atom stereocenters. The second-order valence-corrected chi connectivity index (χ2v) is 10.4. The SMILES string of the molecule is CCCCC(C=O)(CCCC)NS(=O)(=O)c1ccc(N(C)C)cc1Cc1ccc(OC)cc1. The van der Waals surface area contributed by atoms with Crippen LogP contribution in [0.5, 0.6) is 5.75 Å². The van der Waals surface area contributed by atoms with Gasteiger partial charge in [-0.15, -0.1) is 0 Å². The third-order valence-corrected chi connectivity index (χ3v) is 7.57. The highest BCUT2D eigenvalue weighted by Crippen LogP contribution is 2.28. The van der Waals surface area contributed by atoms with E-state index in [0.717, 1.165) is 49.0 Å². The molecule has 0 aliphatic heterocycles. The number of unbranched alkanes of at least 4 members (excludes halogenated alkanes) is 2. The number of hydrogen-bond acceptors (Lipinski definition) is 5. The van der Waals surface area contributed by atoms with Crippen LogP contribution in [-0.2, 0) is 21.2 Å². The Balaban J connectivity index is 2.48. The highest BCUT2D eigenvalue weighted by atomic mass is 32.2. The molecule has 0 aliphatic carbocycles. The van der Waals surface area contributed by atoms with Crippen molar-refractivity contribution < 1.29 is 17.9 Å². The molecule has 33 heavy (non-hydrogen) atoms. The lowest BCUT2D eigenvalue weighted by atomic mass is 9.90. The average molecular weight is 475 g/mol. The molecule has 2 aromatic rings. The maximum Gasteiger partial charge on any atom is 0.241 e. The number of benzene rings is 2. The van der Waals surface area contributed by atoms with E-state index >= 15 is 0 Å². The van der Waals surface area contributed by atoms with Gasteiger partial charge in [0.2, 0.25) is 10.0 Å². The molecule has 0 radical (unpaired) electrons. The Morgan fingerprint density at radius 2 is 1.61 bits per heavy atom. The number of nitrogens with zero attached hydrogens (tertiary/aromatic N) is 1. The Kier molecular flexibility index (Phi) is 9.92. The summed E-state index contributed by atoms with van der Waals surface area (Å²) >= 11 is 0. The first-order valence-electron chi connectivity index (χ1n) is 11.6. The first-order chi connectivity index (χ1) is 15.7. The van der Waals surface area contributed by atoms with Crippen LogP contribution in [0.3, 0.4) is 0 Å². The molecule has 6 nitrogen and oxygen atoms in total. The van der Waals surface area contributed by atoms with E-state index < -0.39 is 15.6 Å². The van der Waals surface area contributed by atoms with E-state index in [-0.39, 0.29) is 4.90 Å². The van der Waals surface area contributed by atoms with Gasteiger partial charge in [-0.05, 0) is 60.7 Å². The van der Waals surface area contributed by atoms with Crippen molar-refractivity contribution in [1.82, 2.24) is 4.72 Å². The molecule has 182 valence electrons. The van der Waals surface area contributed by atoms with Crippen molar-refractivity contribution in [3.8, 4) is 5.75 Å². The number of carbonyl (C=O) groups is 1. The van der Waals surface area contributed by atoms with Gasteiger partial charge in [0.05, 0.1) is 17.5 Å². The van der Waals surface area contributed by atoms with E-state index in [1.165, 1.54) is 0 Å². The first-order valence-corrected chi connectivity index (χ1v) is 13.1. The van der Waals surface area contributed by atoms with Gasteiger partial charge in [-0.2, -0.15) is 4.72 Å². The third kappa shape index (κ3) is 7.30. The van der Waals surface area contributed by atoms with Crippen LogP contribution in [0.4, 0.5) is 5.69 Å². The van der Waals surface area contributed by atoms with Crippen LogP contribution in [0.1, 0.15) is 63.5 Å². The van der Waals surface area contributed by atoms with Crippen molar-refractivity contribution in [2.24, 2.45) is 0 Å². The molecule has 1 N–H and O–H groups in total. The molecule has 2 aromatic carbocycles. The summed E-state index contributed by atoms with van der Waals surface area (Å²) in [6.07, 6.45) is 5.58. The molecule has 0 fully saturated rings. The second kappa shape index (κ2) is 12.2. The molecule has 0 amide bonds. The fourth-order valence-electron chi connectivity index (χ4n) is 3.88. The summed E-state index contributed by atoms with van der Waals surface area (Å²) < 4.78 is 35.3. The Bertz CT molecular complexity index is 993. The van der Waals surface area contributed by atoms with Crippen LogP contribution in [0.15, 0.2) is 47.4 Å². The molecule has 0 aromatic heterocycles. The number of sulfonamides is 1. The summed E-state index contributed by atoms with van der Waals surface area (Å²) in [6.45, 7) is 4.08. The molecule has 7 heteroatoms. The topological polar surface area (TPSA) is 75.7 Å². The molecule has 0 atom stereocenters. The minimum Gasteiger partial charge on any atom is -0.497 e. The van der Waals surface area contributed by atoms with Crippen LogP contribution in [0.25, 0.3) is 0 Å². The number of ether oxygens (including phenoxy) is 1. The highest BCUT2D eigenvalue weighted by molar-refractivity contribution is 7.89. The lowest BCUT2D eigenvalue weighted by Gasteiger charge is -2.29. The molecule has 0 spiro atoms. The third-order valence-electron chi connectivity index (χ3n) is 5.92. The maximum atomic E-state index is 13.6. The molecule has 0 bridgehead atoms. The van der Waals surface area contributed by atoms with E-state index in [0.29, 0.717) is 24.8 Å². The summed E-state index contributed by atoms with van der Waals surface area (Å²) in [5.74, 6) is 0.748. The predicted octanol–water partition coefficient (Wildman–Crippen LogP) is 4.95. The highest BCUT2D eigenvalue weighted by Gasteiger charge is 2.35. The van der Waals surface area contributed by atoms with Crippen LogP contribution in [0, 0.1) is 0 Å². The zero-order valence-electron chi connectivity index (χ0n) is 20.6. The molecular weight excluding hydrogens is 436 g/mol. The van der Waals surface area contributed by atoms with Gasteiger partial charge in [0.15, 0.2) is 0 Å². The molecule has 0 saturated heterocycles. The van der Waals surface area contributed by atoms with Gasteiger partial charge in [-0.25, -0.2) is 8.42 Å². The Morgan fingerprint density at radius 3 is 2.09 bits per heavy atom. The number of nitrogens with one attached hydrogen (secondary N) is 1. The first kappa shape index (κ1) is 26.9. The molecule has 0 saturated carbocycles. The standard InChI is InChI=1S/C26H38N2O4S/c1-6-8-16-26(20-29,17-9-7-2)27-33(30,31)25-15-12-23(28(3)4)19-22(25)18-21-10-13-24(32-5)14-11-21/h10-15,19-20,27H,6-9,16-18H2,1-5H3. The fraction of sp³-hybridized carbons (Fsp3) is 0.500. The van der Waals surface area contributed by atoms with Crippen LogP contribution in [0.2, 0.25) is 0 Å². The minimum atomic E-state index is -3.92. The van der Waals surface area contributed by atoms with Crippen molar-refractivity contribution in [3.63, 3.8) is 0 Å². The van der Waals surface area contributed by atoms with Gasteiger partial charge >= 0.3 is 0 Å². The van der Waals surface area contributed by atoms with Gasteiger partial charge in [0.25, 0.3) is 0 Å². The number of rotatable bonds is 14. The molecule has 0 heterocycles. The van der Waals surface area contributed by atoms with Crippen LogP contribution >= 0.6 is 0 Å². The average Bonchev–Trinajstić information content (AvgIpc) is 2.81. The normalized spacial score (nSPS) is 11.9. The van der Waals surface area contributed by atoms with Crippen molar-refractivity contribution in [1.29, 1.82) is 0 Å². The number of anilines is 1. The van der Waals surface area contributed by atoms with Crippen LogP contribution in [-0.4, -0.2) is 41.4 Å². The zero-order chi connectivity index (χ0) is 24.5. The second-order valence-electron chi connectivity index (χ2n) is 8.80. The lowest BCUT2D eigenvalue weighted by Crippen LogP contribution is -2.50. The maximum absolute atomic E-state index is 13.6. The Hall–Kier alpha value is -2.38. The van der Waals surface area contributed by atoms with Crippen molar-refractivity contribution in [2.45, 2.75) is 69.2 Å². The van der Waals surface area contributed by atoms with Gasteiger partial charge < -0.3 is 14.4 Å². The summed E-state index contributed by atoms with van der Waals surface area (Å²) in [6, 6.07) is 12.9. The monoisotopic (exact) mass is 474 g/mol. The van der Waals surface area contributed by atoms with E-state index in [2.05, 4.69) is 4.72 Å². The van der Waals surface area contributed by atoms with Crippen molar-refractivity contribution in [2.75, 3.05) is 26.1 Å². The molecular formula is C26H38N2O4S. The Labute approximate surface area is 199 Å². The van der Waals surface area contributed by atoms with E-state index in [1.807, 2.05) is 63.2 Å². The number of hydrogen-bond donors (Lipinski definition) is 1. The van der Waals surface area contributed by atoms with Crippen LogP contribution < -0.4 is 14.4 Å². The summed E-state index contributed by atoms with van der Waals surface area (Å²) in [5, 5.41) is 0. The Morgan fingerprint density at radius 1 is 1.00 bits per heavy atom. The van der Waals surface area contributed by atoms with Crippen molar-refractivity contribution in [3.05, 3.63) is 53.6 Å². The van der Waals surface area contributed by atoms with Gasteiger partial charge in [0, 0.05) is 19.8 Å². The fourth-order valence-corrected chi connectivity index (χ4v) is 5.50.